The lowest BCUT2D eigenvalue weighted by atomic mass is 10.1. The number of nitrogens with zero attached hydrogens (tertiary/aromatic N) is 2. The molecule has 4 rings (SSSR count). The maximum Gasteiger partial charge on any atom is 0.321 e. The molecule has 2 fully saturated rings. The van der Waals surface area contributed by atoms with Gasteiger partial charge in [-0.25, -0.2) is 9.59 Å². The highest BCUT2D eigenvalue weighted by molar-refractivity contribution is 8.76. The Hall–Kier alpha value is -2.32. The zero-order valence-corrected chi connectivity index (χ0v) is 19.9. The molecule has 0 spiro atoms. The van der Waals surface area contributed by atoms with Crippen LogP contribution in [-0.4, -0.2) is 48.0 Å². The van der Waals surface area contributed by atoms with Crippen molar-refractivity contribution in [1.82, 2.24) is 9.80 Å². The van der Waals surface area contributed by atoms with Crippen molar-refractivity contribution in [2.75, 3.05) is 36.8 Å². The fourth-order valence-electron chi connectivity index (χ4n) is 3.96. The summed E-state index contributed by atoms with van der Waals surface area (Å²) in [6.45, 7) is 3.28. The lowest BCUT2D eigenvalue weighted by Gasteiger charge is -2.27. The van der Waals surface area contributed by atoms with Crippen molar-refractivity contribution in [3.63, 3.8) is 0 Å². The zero-order valence-electron chi connectivity index (χ0n) is 18.2. The summed E-state index contributed by atoms with van der Waals surface area (Å²) in [6.07, 6.45) is 6.67. The average Bonchev–Trinajstić information content (AvgIpc) is 2.85. The highest BCUT2D eigenvalue weighted by Crippen LogP contribution is 2.43. The fourth-order valence-corrected chi connectivity index (χ4v) is 6.23. The van der Waals surface area contributed by atoms with E-state index in [-0.39, 0.29) is 12.1 Å². The van der Waals surface area contributed by atoms with Crippen LogP contribution in [0, 0.1) is 0 Å². The molecule has 0 atom stereocenters. The Morgan fingerprint density at radius 1 is 0.594 bits per heavy atom. The minimum absolute atomic E-state index is 0.0306. The van der Waals surface area contributed by atoms with Gasteiger partial charge < -0.3 is 20.4 Å². The maximum atomic E-state index is 12.7. The largest absolute Gasteiger partial charge is 0.325 e. The van der Waals surface area contributed by atoms with E-state index in [1.165, 1.54) is 12.8 Å². The molecule has 170 valence electrons. The van der Waals surface area contributed by atoms with E-state index in [9.17, 15) is 9.59 Å². The number of para-hydroxylation sites is 2. The third-order valence-corrected chi connectivity index (χ3v) is 8.25. The first kappa shape index (κ1) is 22.9. The number of carbonyl (C=O) groups is 2. The Bertz CT molecular complexity index is 852. The number of benzene rings is 2. The summed E-state index contributed by atoms with van der Waals surface area (Å²) in [5, 5.41) is 6.17. The number of hydrogen-bond donors (Lipinski definition) is 2. The van der Waals surface area contributed by atoms with Crippen molar-refractivity contribution in [2.45, 2.75) is 48.3 Å². The third kappa shape index (κ3) is 6.13. The van der Waals surface area contributed by atoms with Crippen LogP contribution in [0.4, 0.5) is 21.0 Å². The Balaban J connectivity index is 1.39. The van der Waals surface area contributed by atoms with Crippen molar-refractivity contribution in [3.05, 3.63) is 48.5 Å². The van der Waals surface area contributed by atoms with E-state index in [4.69, 9.17) is 0 Å². The van der Waals surface area contributed by atoms with Crippen LogP contribution >= 0.6 is 21.6 Å². The molecule has 2 aromatic rings. The lowest BCUT2D eigenvalue weighted by molar-refractivity contribution is 0.199. The standard InChI is InChI=1S/C24H30N4O2S2/c29-23(27-15-7-1-8-16-27)25-19-11-3-5-13-21(19)31-32-22-14-6-4-12-20(22)26-24(30)28-17-9-2-10-18-28/h3-6,11-14H,1-2,7-10,15-18H2,(H,25,29)(H,26,30). The molecule has 0 aromatic heterocycles. The van der Waals surface area contributed by atoms with E-state index in [1.807, 2.05) is 58.3 Å². The van der Waals surface area contributed by atoms with Gasteiger partial charge in [0.1, 0.15) is 0 Å². The topological polar surface area (TPSA) is 64.7 Å². The molecule has 6 nitrogen and oxygen atoms in total. The van der Waals surface area contributed by atoms with Gasteiger partial charge in [-0.1, -0.05) is 45.9 Å². The van der Waals surface area contributed by atoms with Crippen molar-refractivity contribution in [2.24, 2.45) is 0 Å². The third-order valence-electron chi connectivity index (χ3n) is 5.77. The van der Waals surface area contributed by atoms with Crippen LogP contribution in [-0.2, 0) is 0 Å². The Kier molecular flexibility index (Phi) is 8.23. The van der Waals surface area contributed by atoms with Crippen LogP contribution < -0.4 is 10.6 Å². The van der Waals surface area contributed by atoms with E-state index in [2.05, 4.69) is 10.6 Å². The molecule has 2 heterocycles. The minimum atomic E-state index is -0.0306. The molecule has 0 saturated carbocycles. The summed E-state index contributed by atoms with van der Waals surface area (Å²) in [7, 11) is 3.17. The van der Waals surface area contributed by atoms with Gasteiger partial charge in [0, 0.05) is 36.0 Å². The smallest absolute Gasteiger partial charge is 0.321 e. The summed E-state index contributed by atoms with van der Waals surface area (Å²) >= 11 is 0. The molecule has 2 aliphatic rings. The van der Waals surface area contributed by atoms with Crippen LogP contribution in [0.2, 0.25) is 0 Å². The summed E-state index contributed by atoms with van der Waals surface area (Å²) in [4.78, 5) is 31.1. The molecule has 2 aliphatic heterocycles. The number of rotatable bonds is 5. The molecule has 0 radical (unpaired) electrons. The maximum absolute atomic E-state index is 12.7. The summed E-state index contributed by atoms with van der Waals surface area (Å²) in [6, 6.07) is 15.7. The number of amides is 4. The van der Waals surface area contributed by atoms with E-state index in [1.54, 1.807) is 21.6 Å². The van der Waals surface area contributed by atoms with Crippen molar-refractivity contribution >= 4 is 45.0 Å². The lowest BCUT2D eigenvalue weighted by Crippen LogP contribution is -2.38. The number of hydrogen-bond acceptors (Lipinski definition) is 4. The zero-order chi connectivity index (χ0) is 22.2. The van der Waals surface area contributed by atoms with E-state index in [0.717, 1.165) is 73.0 Å². The Labute approximate surface area is 197 Å². The number of piperidine rings is 2. The first-order valence-electron chi connectivity index (χ1n) is 11.3. The molecule has 2 saturated heterocycles. The molecule has 0 bridgehead atoms. The highest BCUT2D eigenvalue weighted by Gasteiger charge is 2.19. The average molecular weight is 471 g/mol. The predicted molar refractivity (Wildman–Crippen MR) is 133 cm³/mol. The van der Waals surface area contributed by atoms with Gasteiger partial charge in [-0.3, -0.25) is 0 Å². The number of carbonyl (C=O) groups excluding carboxylic acids is 2. The van der Waals surface area contributed by atoms with Crippen LogP contribution in [0.5, 0.6) is 0 Å². The van der Waals surface area contributed by atoms with Gasteiger partial charge in [-0.05, 0) is 62.8 Å². The van der Waals surface area contributed by atoms with Gasteiger partial charge in [0.2, 0.25) is 0 Å². The van der Waals surface area contributed by atoms with Crippen molar-refractivity contribution < 1.29 is 9.59 Å². The summed E-state index contributed by atoms with van der Waals surface area (Å²) in [5.74, 6) is 0. The molecule has 8 heteroatoms. The van der Waals surface area contributed by atoms with E-state index in [0.29, 0.717) is 0 Å². The highest BCUT2D eigenvalue weighted by atomic mass is 33.1. The molecular weight excluding hydrogens is 440 g/mol. The SMILES string of the molecule is O=C(Nc1ccccc1SSc1ccccc1NC(=O)N1CCCCC1)N1CCCCC1. The predicted octanol–water partition coefficient (Wildman–Crippen LogP) is 6.52. The van der Waals surface area contributed by atoms with Gasteiger partial charge in [0.25, 0.3) is 0 Å². The Morgan fingerprint density at radius 2 is 0.969 bits per heavy atom. The quantitative estimate of drug-likeness (QED) is 0.488. The van der Waals surface area contributed by atoms with E-state index >= 15 is 0 Å². The number of likely N-dealkylation sites (tertiary alicyclic amines) is 2. The molecule has 32 heavy (non-hydrogen) atoms. The molecule has 2 aromatic carbocycles. The molecule has 0 unspecified atom stereocenters. The van der Waals surface area contributed by atoms with Gasteiger partial charge in [0.15, 0.2) is 0 Å². The Morgan fingerprint density at radius 3 is 1.38 bits per heavy atom. The second-order valence-corrected chi connectivity index (χ2v) is 10.3. The normalized spacial score (nSPS) is 16.5. The van der Waals surface area contributed by atoms with Gasteiger partial charge in [-0.2, -0.15) is 0 Å². The number of anilines is 2. The summed E-state index contributed by atoms with van der Waals surface area (Å²) in [5.41, 5.74) is 1.63. The molecule has 2 N–H and O–H groups in total. The van der Waals surface area contributed by atoms with Crippen LogP contribution in [0.15, 0.2) is 58.3 Å². The fraction of sp³-hybridized carbons (Fsp3) is 0.417. The summed E-state index contributed by atoms with van der Waals surface area (Å²) < 4.78 is 0. The van der Waals surface area contributed by atoms with Gasteiger partial charge in [-0.15, -0.1) is 0 Å². The van der Waals surface area contributed by atoms with Crippen LogP contribution in [0.3, 0.4) is 0 Å². The van der Waals surface area contributed by atoms with Crippen LogP contribution in [0.1, 0.15) is 38.5 Å². The van der Waals surface area contributed by atoms with Crippen LogP contribution in [0.25, 0.3) is 0 Å². The van der Waals surface area contributed by atoms with Crippen molar-refractivity contribution in [3.8, 4) is 0 Å². The minimum Gasteiger partial charge on any atom is -0.325 e. The number of urea groups is 2. The van der Waals surface area contributed by atoms with Gasteiger partial charge >= 0.3 is 12.1 Å². The van der Waals surface area contributed by atoms with E-state index < -0.39 is 0 Å². The second-order valence-electron chi connectivity index (χ2n) is 8.11. The molecule has 0 aliphatic carbocycles. The van der Waals surface area contributed by atoms with Crippen molar-refractivity contribution in [1.29, 1.82) is 0 Å². The first-order chi connectivity index (χ1) is 15.7. The second kappa shape index (κ2) is 11.5. The van der Waals surface area contributed by atoms with Gasteiger partial charge in [0.05, 0.1) is 11.4 Å². The molecule has 4 amide bonds. The number of nitrogens with one attached hydrogen (secondary N) is 2. The molecular formula is C24H30N4O2S2. The first-order valence-corrected chi connectivity index (χ1v) is 13.5. The monoisotopic (exact) mass is 470 g/mol.